The quantitative estimate of drug-likeness (QED) is 0.833. The van der Waals surface area contributed by atoms with Gasteiger partial charge in [0.05, 0.1) is 17.6 Å². The van der Waals surface area contributed by atoms with Crippen LogP contribution in [0.2, 0.25) is 0 Å². The van der Waals surface area contributed by atoms with Crippen molar-refractivity contribution in [2.75, 3.05) is 11.9 Å². The van der Waals surface area contributed by atoms with Crippen molar-refractivity contribution in [3.63, 3.8) is 0 Å². The lowest BCUT2D eigenvalue weighted by Crippen LogP contribution is -2.21. The first kappa shape index (κ1) is 13.1. The molecule has 0 heterocycles. The van der Waals surface area contributed by atoms with E-state index in [-0.39, 0.29) is 24.4 Å². The first-order valence-electron chi connectivity index (χ1n) is 6.07. The molecule has 1 saturated carbocycles. The second-order valence-corrected chi connectivity index (χ2v) is 4.66. The van der Waals surface area contributed by atoms with Gasteiger partial charge in [0.25, 0.3) is 5.91 Å². The first-order valence-corrected chi connectivity index (χ1v) is 6.07. The van der Waals surface area contributed by atoms with Crippen LogP contribution in [0.4, 0.5) is 5.69 Å². The number of hydrogen-bond donors (Lipinski definition) is 1. The number of rotatable bonds is 4. The first-order chi connectivity index (χ1) is 9.10. The molecule has 0 radical (unpaired) electrons. The number of benzene rings is 1. The van der Waals surface area contributed by atoms with E-state index in [2.05, 4.69) is 5.32 Å². The van der Waals surface area contributed by atoms with Crippen molar-refractivity contribution in [1.82, 2.24) is 0 Å². The Morgan fingerprint density at radius 1 is 1.42 bits per heavy atom. The molecular weight excluding hydrogens is 244 g/mol. The lowest BCUT2D eigenvalue weighted by atomic mass is 10.2. The molecule has 98 valence electrons. The highest BCUT2D eigenvalue weighted by Gasteiger charge is 2.40. The molecule has 0 bridgehead atoms. The Kier molecular flexibility index (Phi) is 3.81. The lowest BCUT2D eigenvalue weighted by Gasteiger charge is -2.06. The minimum atomic E-state index is -0.383. The van der Waals surface area contributed by atoms with Crippen LogP contribution in [0.5, 0.6) is 0 Å². The van der Waals surface area contributed by atoms with E-state index < -0.39 is 0 Å². The molecule has 1 amide bonds. The van der Waals surface area contributed by atoms with E-state index in [0.29, 0.717) is 17.2 Å². The molecule has 2 rings (SSSR count). The summed E-state index contributed by atoms with van der Waals surface area (Å²) in [6.07, 6.45) is 0.843. The summed E-state index contributed by atoms with van der Waals surface area (Å²) in [4.78, 5) is 23.0. The zero-order valence-corrected chi connectivity index (χ0v) is 10.6. The molecule has 5 nitrogen and oxygen atoms in total. The zero-order valence-electron chi connectivity index (χ0n) is 10.6. The molecule has 5 heteroatoms. The standard InChI is InChI=1S/C14H14N2O3/c1-9-6-12(9)14(18)19-8-13(17)16-11-4-2-10(7-15)3-5-11/h2-5,9,12H,6,8H2,1H3,(H,16,17)/t9-,12+/m1/s1. The van der Waals surface area contributed by atoms with Gasteiger partial charge in [0.1, 0.15) is 0 Å². The van der Waals surface area contributed by atoms with Crippen LogP contribution < -0.4 is 5.32 Å². The Morgan fingerprint density at radius 3 is 2.58 bits per heavy atom. The third-order valence-electron chi connectivity index (χ3n) is 3.06. The zero-order chi connectivity index (χ0) is 13.8. The van der Waals surface area contributed by atoms with Crippen LogP contribution in [-0.2, 0) is 14.3 Å². The fourth-order valence-electron chi connectivity index (χ4n) is 1.72. The Hall–Kier alpha value is -2.35. The van der Waals surface area contributed by atoms with Crippen LogP contribution in [-0.4, -0.2) is 18.5 Å². The number of nitriles is 1. The van der Waals surface area contributed by atoms with E-state index in [1.165, 1.54) is 0 Å². The van der Waals surface area contributed by atoms with E-state index >= 15 is 0 Å². The fraction of sp³-hybridized carbons (Fsp3) is 0.357. The molecule has 2 atom stereocenters. The average molecular weight is 258 g/mol. The minimum absolute atomic E-state index is 0.0392. The molecule has 1 fully saturated rings. The van der Waals surface area contributed by atoms with Crippen molar-refractivity contribution < 1.29 is 14.3 Å². The summed E-state index contributed by atoms with van der Waals surface area (Å²) in [6, 6.07) is 8.45. The summed E-state index contributed by atoms with van der Waals surface area (Å²) in [7, 11) is 0. The van der Waals surface area contributed by atoms with Crippen LogP contribution >= 0.6 is 0 Å². The van der Waals surface area contributed by atoms with Crippen molar-refractivity contribution in [2.24, 2.45) is 11.8 Å². The predicted molar refractivity (Wildman–Crippen MR) is 68.0 cm³/mol. The number of carbonyl (C=O) groups is 2. The van der Waals surface area contributed by atoms with Gasteiger partial charge in [-0.05, 0) is 36.6 Å². The molecule has 1 aliphatic carbocycles. The van der Waals surface area contributed by atoms with Gasteiger partial charge in [0, 0.05) is 5.69 Å². The summed E-state index contributed by atoms with van der Waals surface area (Å²) in [5.41, 5.74) is 1.09. The Labute approximate surface area is 111 Å². The number of amides is 1. The highest BCUT2D eigenvalue weighted by atomic mass is 16.5. The Bertz CT molecular complexity index is 531. The molecule has 0 aromatic heterocycles. The molecule has 1 aliphatic rings. The van der Waals surface area contributed by atoms with Crippen LogP contribution in [0, 0.1) is 23.2 Å². The maximum atomic E-state index is 11.5. The highest BCUT2D eigenvalue weighted by Crippen LogP contribution is 2.38. The third-order valence-corrected chi connectivity index (χ3v) is 3.06. The molecule has 0 saturated heterocycles. The van der Waals surface area contributed by atoms with Crippen LogP contribution in [0.1, 0.15) is 18.9 Å². The monoisotopic (exact) mass is 258 g/mol. The number of hydrogen-bond acceptors (Lipinski definition) is 4. The molecule has 0 aliphatic heterocycles. The van der Waals surface area contributed by atoms with Crippen LogP contribution in [0.25, 0.3) is 0 Å². The van der Waals surface area contributed by atoms with Gasteiger partial charge in [-0.1, -0.05) is 6.92 Å². The second kappa shape index (κ2) is 5.53. The van der Waals surface area contributed by atoms with Gasteiger partial charge in [-0.3, -0.25) is 9.59 Å². The van der Waals surface area contributed by atoms with E-state index in [0.717, 1.165) is 6.42 Å². The van der Waals surface area contributed by atoms with E-state index in [1.807, 2.05) is 13.0 Å². The number of anilines is 1. The molecule has 1 aromatic rings. The highest BCUT2D eigenvalue weighted by molar-refractivity contribution is 5.93. The van der Waals surface area contributed by atoms with E-state index in [9.17, 15) is 9.59 Å². The average Bonchev–Trinajstić information content (AvgIpc) is 3.14. The minimum Gasteiger partial charge on any atom is -0.455 e. The van der Waals surface area contributed by atoms with Gasteiger partial charge in [-0.2, -0.15) is 5.26 Å². The van der Waals surface area contributed by atoms with Gasteiger partial charge in [0.2, 0.25) is 0 Å². The molecule has 0 spiro atoms. The maximum absolute atomic E-state index is 11.5. The third kappa shape index (κ3) is 3.55. The number of esters is 1. The number of nitrogens with zero attached hydrogens (tertiary/aromatic N) is 1. The second-order valence-electron chi connectivity index (χ2n) is 4.66. The lowest BCUT2D eigenvalue weighted by molar-refractivity contribution is -0.148. The van der Waals surface area contributed by atoms with Gasteiger partial charge >= 0.3 is 5.97 Å². The van der Waals surface area contributed by atoms with E-state index in [4.69, 9.17) is 10.00 Å². The summed E-state index contributed by atoms with van der Waals surface area (Å²) >= 11 is 0. The number of carbonyl (C=O) groups excluding carboxylic acids is 2. The maximum Gasteiger partial charge on any atom is 0.309 e. The topological polar surface area (TPSA) is 79.2 Å². The molecular formula is C14H14N2O3. The van der Waals surface area contributed by atoms with Crippen molar-refractivity contribution in [2.45, 2.75) is 13.3 Å². The summed E-state index contributed by atoms with van der Waals surface area (Å²) < 4.78 is 4.91. The molecule has 1 N–H and O–H groups in total. The van der Waals surface area contributed by atoms with Gasteiger partial charge in [0.15, 0.2) is 6.61 Å². The SMILES string of the molecule is C[C@@H]1C[C@@H]1C(=O)OCC(=O)Nc1ccc(C#N)cc1. The van der Waals surface area contributed by atoms with Crippen molar-refractivity contribution in [1.29, 1.82) is 5.26 Å². The van der Waals surface area contributed by atoms with E-state index in [1.54, 1.807) is 24.3 Å². The van der Waals surface area contributed by atoms with Gasteiger partial charge < -0.3 is 10.1 Å². The largest absolute Gasteiger partial charge is 0.455 e. The van der Waals surface area contributed by atoms with Crippen molar-refractivity contribution in [3.8, 4) is 6.07 Å². The molecule has 0 unspecified atom stereocenters. The summed E-state index contributed by atoms with van der Waals surface area (Å²) in [5.74, 6) is -0.356. The predicted octanol–water partition coefficient (Wildman–Crippen LogP) is 1.70. The summed E-state index contributed by atoms with van der Waals surface area (Å²) in [6.45, 7) is 1.70. The van der Waals surface area contributed by atoms with Crippen molar-refractivity contribution >= 4 is 17.6 Å². The normalized spacial score (nSPS) is 20.2. The van der Waals surface area contributed by atoms with Gasteiger partial charge in [-0.25, -0.2) is 0 Å². The van der Waals surface area contributed by atoms with Crippen LogP contribution in [0.3, 0.4) is 0 Å². The number of nitrogens with one attached hydrogen (secondary N) is 1. The molecule has 1 aromatic carbocycles. The molecule has 19 heavy (non-hydrogen) atoms. The Balaban J connectivity index is 1.77. The van der Waals surface area contributed by atoms with Crippen molar-refractivity contribution in [3.05, 3.63) is 29.8 Å². The fourth-order valence-corrected chi connectivity index (χ4v) is 1.72. The summed E-state index contributed by atoms with van der Waals surface area (Å²) in [5, 5.41) is 11.2. The van der Waals surface area contributed by atoms with Gasteiger partial charge in [-0.15, -0.1) is 0 Å². The van der Waals surface area contributed by atoms with Crippen LogP contribution in [0.15, 0.2) is 24.3 Å². The Morgan fingerprint density at radius 2 is 2.05 bits per heavy atom. The number of ether oxygens (including phenoxy) is 1. The smallest absolute Gasteiger partial charge is 0.309 e.